The predicted molar refractivity (Wildman–Crippen MR) is 87.3 cm³/mol. The van der Waals surface area contributed by atoms with Gasteiger partial charge in [0, 0.05) is 11.4 Å². The van der Waals surface area contributed by atoms with Crippen molar-refractivity contribution in [3.8, 4) is 0 Å². The summed E-state index contributed by atoms with van der Waals surface area (Å²) in [5, 5.41) is 4.14. The molecule has 0 radical (unpaired) electrons. The molecule has 2 aromatic heterocycles. The average molecular weight is 350 g/mol. The monoisotopic (exact) mass is 349 g/mol. The third-order valence-electron chi connectivity index (χ3n) is 4.39. The molecule has 21 heavy (non-hydrogen) atoms. The van der Waals surface area contributed by atoms with Gasteiger partial charge in [0.15, 0.2) is 0 Å². The molecule has 3 rings (SSSR count). The van der Waals surface area contributed by atoms with E-state index in [1.165, 1.54) is 12.8 Å². The van der Waals surface area contributed by atoms with Gasteiger partial charge in [-0.1, -0.05) is 13.8 Å². The van der Waals surface area contributed by atoms with Gasteiger partial charge in [-0.2, -0.15) is 0 Å². The van der Waals surface area contributed by atoms with Crippen molar-refractivity contribution >= 4 is 32.7 Å². The number of pyridine rings is 1. The molecule has 0 saturated heterocycles. The number of halogens is 1. The molecular weight excluding hydrogens is 330 g/mol. The molecule has 5 heteroatoms. The van der Waals surface area contributed by atoms with Crippen molar-refractivity contribution in [3.63, 3.8) is 0 Å². The first kappa shape index (κ1) is 14.6. The average Bonchev–Trinajstić information content (AvgIpc) is 2.84. The van der Waals surface area contributed by atoms with Crippen LogP contribution in [0.5, 0.6) is 0 Å². The Labute approximate surface area is 132 Å². The van der Waals surface area contributed by atoms with Gasteiger partial charge in [0.1, 0.15) is 10.3 Å². The topological polar surface area (TPSA) is 57.8 Å². The molecule has 2 heterocycles. The quantitative estimate of drug-likeness (QED) is 0.804. The number of nitrogens with one attached hydrogen (secondary N) is 2. The highest BCUT2D eigenvalue weighted by Gasteiger charge is 2.27. The molecule has 112 valence electrons. The van der Waals surface area contributed by atoms with Gasteiger partial charge in [-0.25, -0.2) is 4.98 Å². The molecule has 0 aliphatic heterocycles. The van der Waals surface area contributed by atoms with Crippen molar-refractivity contribution in [2.75, 3.05) is 0 Å². The summed E-state index contributed by atoms with van der Waals surface area (Å²) in [5.74, 6) is -0.0213. The molecule has 0 spiro atoms. The van der Waals surface area contributed by atoms with Crippen molar-refractivity contribution in [1.29, 1.82) is 0 Å². The lowest BCUT2D eigenvalue weighted by molar-refractivity contribution is 0.0905. The zero-order valence-electron chi connectivity index (χ0n) is 12.4. The smallest absolute Gasteiger partial charge is 0.267 e. The number of aromatic amines is 1. The third kappa shape index (κ3) is 3.28. The minimum Gasteiger partial charge on any atom is -0.349 e. The highest BCUT2D eigenvalue weighted by atomic mass is 79.9. The number of aromatic nitrogens is 2. The molecule has 1 aliphatic carbocycles. The first-order valence-corrected chi connectivity index (χ1v) is 8.17. The van der Waals surface area contributed by atoms with Crippen LogP contribution in [0.15, 0.2) is 22.9 Å². The Hall–Kier alpha value is -1.36. The zero-order valence-corrected chi connectivity index (χ0v) is 14.0. The van der Waals surface area contributed by atoms with Crippen LogP contribution in [-0.2, 0) is 0 Å². The number of rotatable bonds is 2. The van der Waals surface area contributed by atoms with Gasteiger partial charge in [-0.15, -0.1) is 0 Å². The second-order valence-electron chi connectivity index (χ2n) is 6.69. The molecule has 1 fully saturated rings. The van der Waals surface area contributed by atoms with Gasteiger partial charge >= 0.3 is 0 Å². The van der Waals surface area contributed by atoms with Gasteiger partial charge < -0.3 is 10.3 Å². The van der Waals surface area contributed by atoms with Crippen LogP contribution < -0.4 is 5.32 Å². The van der Waals surface area contributed by atoms with Crippen LogP contribution in [0.1, 0.15) is 50.0 Å². The molecule has 4 nitrogen and oxygen atoms in total. The van der Waals surface area contributed by atoms with Crippen molar-refractivity contribution in [2.24, 2.45) is 5.41 Å². The van der Waals surface area contributed by atoms with E-state index >= 15 is 0 Å². The standard InChI is InChI=1S/C16H20BrN3O/c1-16(2)5-3-11(4-6-16)19-15(21)12-7-10-8-14(17)18-9-13(10)20-12/h7-9,11,20H,3-6H2,1-2H3,(H,19,21). The van der Waals surface area contributed by atoms with Crippen LogP contribution in [0.25, 0.3) is 10.9 Å². The summed E-state index contributed by atoms with van der Waals surface area (Å²) in [6.07, 6.45) is 6.19. The number of carbonyl (C=O) groups excluding carboxylic acids is 1. The van der Waals surface area contributed by atoms with E-state index in [4.69, 9.17) is 0 Å². The maximum atomic E-state index is 12.4. The van der Waals surface area contributed by atoms with Crippen LogP contribution in [0.3, 0.4) is 0 Å². The second kappa shape index (κ2) is 5.44. The summed E-state index contributed by atoms with van der Waals surface area (Å²) in [6, 6.07) is 4.08. The molecule has 2 N–H and O–H groups in total. The first-order chi connectivity index (χ1) is 9.93. The minimum absolute atomic E-state index is 0.0213. The minimum atomic E-state index is -0.0213. The summed E-state index contributed by atoms with van der Waals surface area (Å²) < 4.78 is 0.774. The molecule has 1 aliphatic rings. The molecule has 0 bridgehead atoms. The molecular formula is C16H20BrN3O. The fourth-order valence-electron chi connectivity index (χ4n) is 2.93. The van der Waals surface area contributed by atoms with Crippen LogP contribution in [0, 0.1) is 5.41 Å². The molecule has 0 aromatic carbocycles. The Balaban J connectivity index is 1.69. The summed E-state index contributed by atoms with van der Waals surface area (Å²) in [6.45, 7) is 4.60. The number of fused-ring (bicyclic) bond motifs is 1. The van der Waals surface area contributed by atoms with E-state index in [9.17, 15) is 4.79 Å². The lowest BCUT2D eigenvalue weighted by atomic mass is 9.75. The van der Waals surface area contributed by atoms with Crippen LogP contribution in [0.4, 0.5) is 0 Å². The fourth-order valence-corrected chi connectivity index (χ4v) is 3.28. The van der Waals surface area contributed by atoms with E-state index in [1.807, 2.05) is 12.1 Å². The lowest BCUT2D eigenvalue weighted by Gasteiger charge is -2.34. The SMILES string of the molecule is CC1(C)CCC(NC(=O)c2cc3cc(Br)ncc3[nH]2)CC1. The lowest BCUT2D eigenvalue weighted by Crippen LogP contribution is -2.39. The molecule has 0 unspecified atom stereocenters. The summed E-state index contributed by atoms with van der Waals surface area (Å²) in [7, 11) is 0. The number of carbonyl (C=O) groups is 1. The molecule has 2 aromatic rings. The van der Waals surface area contributed by atoms with E-state index in [-0.39, 0.29) is 5.91 Å². The zero-order chi connectivity index (χ0) is 15.0. The van der Waals surface area contributed by atoms with Gasteiger partial charge in [0.25, 0.3) is 5.91 Å². The first-order valence-electron chi connectivity index (χ1n) is 7.38. The van der Waals surface area contributed by atoms with Crippen molar-refractivity contribution in [1.82, 2.24) is 15.3 Å². The number of H-pyrrole nitrogens is 1. The number of nitrogens with zero attached hydrogens (tertiary/aromatic N) is 1. The second-order valence-corrected chi connectivity index (χ2v) is 7.50. The Kier molecular flexibility index (Phi) is 3.78. The van der Waals surface area contributed by atoms with E-state index in [0.717, 1.165) is 28.3 Å². The van der Waals surface area contributed by atoms with Crippen LogP contribution >= 0.6 is 15.9 Å². The third-order valence-corrected chi connectivity index (χ3v) is 4.82. The summed E-state index contributed by atoms with van der Waals surface area (Å²) in [5.41, 5.74) is 1.91. The van der Waals surface area contributed by atoms with Gasteiger partial charge in [0.2, 0.25) is 0 Å². The normalized spacial score (nSPS) is 18.8. The van der Waals surface area contributed by atoms with Crippen LogP contribution in [0.2, 0.25) is 0 Å². The molecule has 1 amide bonds. The van der Waals surface area contributed by atoms with E-state index < -0.39 is 0 Å². The maximum Gasteiger partial charge on any atom is 0.267 e. The Morgan fingerprint density at radius 2 is 2.10 bits per heavy atom. The highest BCUT2D eigenvalue weighted by molar-refractivity contribution is 9.10. The molecule has 1 saturated carbocycles. The Bertz CT molecular complexity index is 667. The van der Waals surface area contributed by atoms with E-state index in [0.29, 0.717) is 17.2 Å². The van der Waals surface area contributed by atoms with Crippen molar-refractivity contribution in [3.05, 3.63) is 28.6 Å². The fraction of sp³-hybridized carbons (Fsp3) is 0.500. The van der Waals surface area contributed by atoms with Gasteiger partial charge in [-0.05, 0) is 59.2 Å². The number of hydrogen-bond acceptors (Lipinski definition) is 2. The number of hydrogen-bond donors (Lipinski definition) is 2. The predicted octanol–water partition coefficient (Wildman–Crippen LogP) is 4.02. The summed E-state index contributed by atoms with van der Waals surface area (Å²) in [4.78, 5) is 19.7. The van der Waals surface area contributed by atoms with Crippen LogP contribution in [-0.4, -0.2) is 21.9 Å². The highest BCUT2D eigenvalue weighted by Crippen LogP contribution is 2.35. The van der Waals surface area contributed by atoms with Crippen molar-refractivity contribution in [2.45, 2.75) is 45.6 Å². The largest absolute Gasteiger partial charge is 0.349 e. The Morgan fingerprint density at radius 3 is 2.81 bits per heavy atom. The van der Waals surface area contributed by atoms with Crippen molar-refractivity contribution < 1.29 is 4.79 Å². The van der Waals surface area contributed by atoms with Gasteiger partial charge in [0.05, 0.1) is 11.7 Å². The number of amides is 1. The Morgan fingerprint density at radius 1 is 1.38 bits per heavy atom. The van der Waals surface area contributed by atoms with E-state index in [1.54, 1.807) is 6.20 Å². The van der Waals surface area contributed by atoms with E-state index in [2.05, 4.69) is 45.1 Å². The summed E-state index contributed by atoms with van der Waals surface area (Å²) >= 11 is 3.34. The van der Waals surface area contributed by atoms with Gasteiger partial charge in [-0.3, -0.25) is 4.79 Å². The maximum absolute atomic E-state index is 12.4. The molecule has 0 atom stereocenters.